The van der Waals surface area contributed by atoms with Gasteiger partial charge in [-0.2, -0.15) is 0 Å². The number of aromatic nitrogens is 2. The lowest BCUT2D eigenvalue weighted by atomic mass is 10.2. The Morgan fingerprint density at radius 2 is 2.04 bits per heavy atom. The van der Waals surface area contributed by atoms with E-state index in [9.17, 15) is 9.59 Å². The molecule has 126 valence electrons. The summed E-state index contributed by atoms with van der Waals surface area (Å²) in [4.78, 5) is 23.9. The third-order valence-corrected chi connectivity index (χ3v) is 3.97. The largest absolute Gasteiger partial charge is 0.468 e. The Morgan fingerprint density at radius 1 is 1.29 bits per heavy atom. The molecule has 1 aliphatic rings. The molecule has 1 fully saturated rings. The topological polar surface area (TPSA) is 101 Å². The number of nitrogens with one attached hydrogen (secondary N) is 1. The van der Waals surface area contributed by atoms with E-state index in [2.05, 4.69) is 25.0 Å². The van der Waals surface area contributed by atoms with Gasteiger partial charge in [0, 0.05) is 18.7 Å². The van der Waals surface area contributed by atoms with Gasteiger partial charge in [-0.15, -0.1) is 0 Å². The van der Waals surface area contributed by atoms with Crippen molar-refractivity contribution in [1.29, 1.82) is 0 Å². The first-order chi connectivity index (χ1) is 11.6. The number of hydrogen-bond donors (Lipinski definition) is 1. The number of hydrogen-bond acceptors (Lipinski definition) is 7. The number of carbonyl (C=O) groups is 2. The van der Waals surface area contributed by atoms with Crippen LogP contribution in [-0.4, -0.2) is 64.1 Å². The molecule has 24 heavy (non-hydrogen) atoms. The zero-order valence-electron chi connectivity index (χ0n) is 12.9. The highest BCUT2D eigenvalue weighted by Gasteiger charge is 2.29. The van der Waals surface area contributed by atoms with E-state index in [1.54, 1.807) is 28.2 Å². The van der Waals surface area contributed by atoms with Gasteiger partial charge in [0.15, 0.2) is 5.11 Å². The molecule has 0 bridgehead atoms. The second kappa shape index (κ2) is 6.79. The Balaban J connectivity index is 1.73. The number of carbonyl (C=O) groups excluding carboxylic acids is 2. The minimum atomic E-state index is -0.432. The molecule has 1 N–H and O–H groups in total. The van der Waals surface area contributed by atoms with Crippen molar-refractivity contribution in [2.24, 2.45) is 0 Å². The summed E-state index contributed by atoms with van der Waals surface area (Å²) >= 11 is 5.27. The average molecular weight is 349 g/mol. The van der Waals surface area contributed by atoms with Gasteiger partial charge in [0.05, 0.1) is 7.11 Å². The van der Waals surface area contributed by atoms with Crippen LogP contribution in [0.1, 0.15) is 16.8 Å². The first kappa shape index (κ1) is 16.1. The Morgan fingerprint density at radius 3 is 2.83 bits per heavy atom. The third-order valence-electron chi connectivity index (χ3n) is 3.61. The van der Waals surface area contributed by atoms with Crippen molar-refractivity contribution < 1.29 is 19.0 Å². The standard InChI is InChI=1S/C14H15N5O4S/c1-22-12(20)8-15-14(24)19-6-2-5-18(19)13(21)9-3-4-10-11(7-9)17-23-16-10/h3-4,7H,2,5-6,8H2,1H3,(H,15,24). The van der Waals surface area contributed by atoms with E-state index in [0.717, 1.165) is 6.42 Å². The molecule has 0 spiro atoms. The molecule has 1 amide bonds. The van der Waals surface area contributed by atoms with Crippen LogP contribution in [0.4, 0.5) is 0 Å². The van der Waals surface area contributed by atoms with Gasteiger partial charge in [-0.3, -0.25) is 14.6 Å². The monoisotopic (exact) mass is 349 g/mol. The van der Waals surface area contributed by atoms with Crippen LogP contribution in [0.25, 0.3) is 11.0 Å². The number of benzene rings is 1. The Labute approximate surface area is 142 Å². The smallest absolute Gasteiger partial charge is 0.325 e. The molecule has 1 saturated heterocycles. The molecule has 10 heteroatoms. The minimum absolute atomic E-state index is 0.0512. The van der Waals surface area contributed by atoms with Crippen LogP contribution in [0.3, 0.4) is 0 Å². The highest BCUT2D eigenvalue weighted by molar-refractivity contribution is 7.80. The number of fused-ring (bicyclic) bond motifs is 1. The van der Waals surface area contributed by atoms with Crippen molar-refractivity contribution in [3.05, 3.63) is 23.8 Å². The summed E-state index contributed by atoms with van der Waals surface area (Å²) in [7, 11) is 1.30. The van der Waals surface area contributed by atoms with Gasteiger partial charge in [0.2, 0.25) is 0 Å². The molecule has 1 aliphatic heterocycles. The van der Waals surface area contributed by atoms with Crippen molar-refractivity contribution in [3.8, 4) is 0 Å². The van der Waals surface area contributed by atoms with Crippen molar-refractivity contribution in [1.82, 2.24) is 25.6 Å². The fraction of sp³-hybridized carbons (Fsp3) is 0.357. The summed E-state index contributed by atoms with van der Waals surface area (Å²) < 4.78 is 9.20. The molecule has 0 radical (unpaired) electrons. The van der Waals surface area contributed by atoms with Crippen LogP contribution >= 0.6 is 12.2 Å². The quantitative estimate of drug-likeness (QED) is 0.620. The zero-order chi connectivity index (χ0) is 17.1. The van der Waals surface area contributed by atoms with Gasteiger partial charge in [-0.25, -0.2) is 9.64 Å². The molecule has 1 aromatic heterocycles. The fourth-order valence-electron chi connectivity index (χ4n) is 2.41. The van der Waals surface area contributed by atoms with Gasteiger partial charge < -0.3 is 10.1 Å². The van der Waals surface area contributed by atoms with Gasteiger partial charge >= 0.3 is 5.97 Å². The number of thiocarbonyl (C=S) groups is 1. The number of rotatable bonds is 3. The maximum Gasteiger partial charge on any atom is 0.325 e. The molecule has 2 aromatic rings. The highest BCUT2D eigenvalue weighted by atomic mass is 32.1. The van der Waals surface area contributed by atoms with E-state index < -0.39 is 5.97 Å². The number of methoxy groups -OCH3 is 1. The first-order valence-corrected chi connectivity index (χ1v) is 7.67. The van der Waals surface area contributed by atoms with E-state index in [-0.39, 0.29) is 12.5 Å². The second-order valence-corrected chi connectivity index (χ2v) is 5.49. The van der Waals surface area contributed by atoms with Crippen LogP contribution < -0.4 is 5.32 Å². The maximum atomic E-state index is 12.7. The number of nitrogens with zero attached hydrogens (tertiary/aromatic N) is 4. The summed E-state index contributed by atoms with van der Waals surface area (Å²) in [5.74, 6) is -0.641. The van der Waals surface area contributed by atoms with Gasteiger partial charge in [-0.05, 0) is 47.2 Å². The lowest BCUT2D eigenvalue weighted by molar-refractivity contribution is -0.139. The summed E-state index contributed by atoms with van der Waals surface area (Å²) in [5.41, 5.74) is 1.55. The predicted octanol–water partition coefficient (Wildman–Crippen LogP) is 0.333. The lowest BCUT2D eigenvalue weighted by Gasteiger charge is -2.30. The first-order valence-electron chi connectivity index (χ1n) is 7.26. The van der Waals surface area contributed by atoms with E-state index in [1.807, 2.05) is 0 Å². The molecule has 3 rings (SSSR count). The van der Waals surface area contributed by atoms with Crippen molar-refractivity contribution in [3.63, 3.8) is 0 Å². The predicted molar refractivity (Wildman–Crippen MR) is 86.8 cm³/mol. The van der Waals surface area contributed by atoms with E-state index >= 15 is 0 Å². The number of ether oxygens (including phenoxy) is 1. The number of esters is 1. The Bertz CT molecular complexity index is 792. The van der Waals surface area contributed by atoms with E-state index in [0.29, 0.717) is 34.8 Å². The van der Waals surface area contributed by atoms with E-state index in [1.165, 1.54) is 7.11 Å². The molecule has 0 atom stereocenters. The SMILES string of the molecule is COC(=O)CNC(=S)N1CCCN1C(=O)c1ccc2nonc2c1. The molecule has 0 unspecified atom stereocenters. The third kappa shape index (κ3) is 3.13. The van der Waals surface area contributed by atoms with Crippen LogP contribution in [0, 0.1) is 0 Å². The number of amides is 1. The molecule has 2 heterocycles. The molecule has 1 aromatic carbocycles. The lowest BCUT2D eigenvalue weighted by Crippen LogP contribution is -2.50. The molecular weight excluding hydrogens is 334 g/mol. The van der Waals surface area contributed by atoms with Crippen molar-refractivity contribution >= 4 is 40.2 Å². The van der Waals surface area contributed by atoms with Crippen LogP contribution in [-0.2, 0) is 9.53 Å². The Kier molecular flexibility index (Phi) is 4.56. The highest BCUT2D eigenvalue weighted by Crippen LogP contribution is 2.18. The second-order valence-electron chi connectivity index (χ2n) is 5.11. The summed E-state index contributed by atoms with van der Waals surface area (Å²) in [6.45, 7) is 1.07. The molecule has 9 nitrogen and oxygen atoms in total. The summed E-state index contributed by atoms with van der Waals surface area (Å²) in [5, 5.41) is 13.7. The van der Waals surface area contributed by atoms with Crippen molar-refractivity contribution in [2.45, 2.75) is 6.42 Å². The normalized spacial score (nSPS) is 14.0. The van der Waals surface area contributed by atoms with Gasteiger partial charge in [0.1, 0.15) is 17.6 Å². The average Bonchev–Trinajstić information content (AvgIpc) is 3.26. The maximum absolute atomic E-state index is 12.7. The fourth-order valence-corrected chi connectivity index (χ4v) is 2.67. The summed E-state index contributed by atoms with van der Waals surface area (Å²) in [6.07, 6.45) is 0.777. The Hall–Kier alpha value is -2.75. The van der Waals surface area contributed by atoms with Crippen LogP contribution in [0.15, 0.2) is 22.8 Å². The molecule has 0 saturated carbocycles. The minimum Gasteiger partial charge on any atom is -0.468 e. The van der Waals surface area contributed by atoms with Gasteiger partial charge in [0.25, 0.3) is 5.91 Å². The van der Waals surface area contributed by atoms with Gasteiger partial charge in [-0.1, -0.05) is 0 Å². The van der Waals surface area contributed by atoms with Crippen LogP contribution in [0.5, 0.6) is 0 Å². The number of hydrazine groups is 1. The zero-order valence-corrected chi connectivity index (χ0v) is 13.7. The summed E-state index contributed by atoms with van der Waals surface area (Å²) in [6, 6.07) is 4.96. The van der Waals surface area contributed by atoms with E-state index in [4.69, 9.17) is 12.2 Å². The molecule has 0 aliphatic carbocycles. The molecular formula is C14H15N5O4S. The van der Waals surface area contributed by atoms with Crippen LogP contribution in [0.2, 0.25) is 0 Å². The van der Waals surface area contributed by atoms with Crippen molar-refractivity contribution in [2.75, 3.05) is 26.7 Å².